The van der Waals surface area contributed by atoms with Crippen molar-refractivity contribution >= 4 is 28.5 Å². The fourth-order valence-electron chi connectivity index (χ4n) is 3.07. The number of aliphatic hydroxyl groups is 2. The Morgan fingerprint density at radius 2 is 1.72 bits per heavy atom. The Hall–Kier alpha value is -1.70. The van der Waals surface area contributed by atoms with Crippen LogP contribution >= 0.6 is 22.6 Å². The van der Waals surface area contributed by atoms with Gasteiger partial charge in [-0.15, -0.1) is 0 Å². The topological polar surface area (TPSA) is 69.6 Å². The first-order valence-corrected chi connectivity index (χ1v) is 12.6. The third kappa shape index (κ3) is 13.7. The number of amides is 1. The predicted molar refractivity (Wildman–Crippen MR) is 144 cm³/mol. The maximum absolute atomic E-state index is 12.4. The molecule has 4 atom stereocenters. The summed E-state index contributed by atoms with van der Waals surface area (Å²) in [6, 6.07) is 0.0854. The first-order valence-electron chi connectivity index (χ1n) is 11.3. The molecule has 1 aliphatic rings. The number of carbonyl (C=O) groups is 1. The van der Waals surface area contributed by atoms with Gasteiger partial charge in [-0.05, 0) is 39.5 Å². The van der Waals surface area contributed by atoms with Crippen LogP contribution in [0.3, 0.4) is 0 Å². The van der Waals surface area contributed by atoms with Gasteiger partial charge in [0.05, 0.1) is 0 Å². The van der Waals surface area contributed by atoms with Gasteiger partial charge in [-0.25, -0.2) is 0 Å². The summed E-state index contributed by atoms with van der Waals surface area (Å²) >= 11 is 2.46. The predicted octanol–water partition coefficient (Wildman–Crippen LogP) is 5.65. The monoisotopic (exact) mass is 551 g/mol. The highest BCUT2D eigenvalue weighted by Crippen LogP contribution is 2.18. The first-order chi connectivity index (χ1) is 15.3. The standard InChI is InChI=1S/C27H38INO3/c1-4-5-6-7-14-24-20-23(28)18-17-21(2)12-8-10-15-25(30)26(31)19-22(3)13-9-11-16-27(32)29-24/h6-13,15-17,19,23-26,30-31H,4-5,14,18,20H2,1-3H3,(H,29,32)/b7-6+,12-8+,13-9+,15-10-,16-11+,21-17+,22-19-. The molecule has 0 fully saturated rings. The SMILES string of the molecule is CCC/C=C/CC1CC(I)C/C=C(C)/C=C/C=C\C(O)C(O)\C=C(C)/C=C/C=C/C(=O)N1. The zero-order valence-corrected chi connectivity index (χ0v) is 21.6. The van der Waals surface area contributed by atoms with Gasteiger partial charge in [0.2, 0.25) is 5.91 Å². The Bertz CT molecular complexity index is 774. The van der Waals surface area contributed by atoms with E-state index in [1.807, 2.05) is 26.0 Å². The average Bonchev–Trinajstić information content (AvgIpc) is 2.74. The molecule has 176 valence electrons. The molecule has 0 aromatic heterocycles. The molecule has 1 rings (SSSR count). The number of carbonyl (C=O) groups excluding carboxylic acids is 1. The van der Waals surface area contributed by atoms with E-state index in [1.54, 1.807) is 36.5 Å². The normalized spacial score (nSPS) is 33.9. The van der Waals surface area contributed by atoms with Gasteiger partial charge in [0.15, 0.2) is 0 Å². The molecule has 0 bridgehead atoms. The lowest BCUT2D eigenvalue weighted by molar-refractivity contribution is -0.117. The molecule has 4 nitrogen and oxygen atoms in total. The van der Waals surface area contributed by atoms with Gasteiger partial charge in [-0.1, -0.05) is 114 Å². The Balaban J connectivity index is 3.03. The van der Waals surface area contributed by atoms with Crippen LogP contribution in [0.5, 0.6) is 0 Å². The molecular formula is C27H38INO3. The number of rotatable bonds is 4. The first kappa shape index (κ1) is 28.3. The minimum Gasteiger partial charge on any atom is -0.386 e. The summed E-state index contributed by atoms with van der Waals surface area (Å²) < 4.78 is 0.399. The smallest absolute Gasteiger partial charge is 0.244 e. The van der Waals surface area contributed by atoms with E-state index < -0.39 is 12.2 Å². The van der Waals surface area contributed by atoms with E-state index in [0.29, 0.717) is 3.92 Å². The molecule has 1 aliphatic heterocycles. The van der Waals surface area contributed by atoms with Crippen molar-refractivity contribution in [3.8, 4) is 0 Å². The van der Waals surface area contributed by atoms with Crippen molar-refractivity contribution in [3.63, 3.8) is 0 Å². The van der Waals surface area contributed by atoms with E-state index >= 15 is 0 Å². The van der Waals surface area contributed by atoms with Gasteiger partial charge in [0, 0.05) is 16.0 Å². The molecular weight excluding hydrogens is 513 g/mol. The van der Waals surface area contributed by atoms with Crippen molar-refractivity contribution < 1.29 is 15.0 Å². The maximum Gasteiger partial charge on any atom is 0.244 e. The molecule has 1 amide bonds. The second kappa shape index (κ2) is 16.9. The third-order valence-electron chi connectivity index (χ3n) is 4.90. The van der Waals surface area contributed by atoms with Crippen LogP contribution in [0.4, 0.5) is 0 Å². The van der Waals surface area contributed by atoms with Crippen molar-refractivity contribution in [2.75, 3.05) is 0 Å². The zero-order chi connectivity index (χ0) is 23.8. The van der Waals surface area contributed by atoms with E-state index in [2.05, 4.69) is 53.1 Å². The summed E-state index contributed by atoms with van der Waals surface area (Å²) in [6.45, 7) is 6.04. The highest BCUT2D eigenvalue weighted by molar-refractivity contribution is 14.1. The highest BCUT2D eigenvalue weighted by atomic mass is 127. The molecule has 0 radical (unpaired) electrons. The molecule has 0 aromatic rings. The summed E-state index contributed by atoms with van der Waals surface area (Å²) in [4.78, 5) is 12.4. The third-order valence-corrected chi connectivity index (χ3v) is 5.92. The van der Waals surface area contributed by atoms with Crippen LogP contribution in [0.2, 0.25) is 0 Å². The molecule has 1 heterocycles. The van der Waals surface area contributed by atoms with Gasteiger partial charge in [-0.2, -0.15) is 0 Å². The Kier molecular flexibility index (Phi) is 14.9. The van der Waals surface area contributed by atoms with E-state index in [4.69, 9.17) is 0 Å². The van der Waals surface area contributed by atoms with E-state index in [1.165, 1.54) is 6.08 Å². The number of aliphatic hydroxyl groups excluding tert-OH is 2. The number of nitrogens with one attached hydrogen (secondary N) is 1. The van der Waals surface area contributed by atoms with Gasteiger partial charge < -0.3 is 15.5 Å². The Morgan fingerprint density at radius 1 is 1.03 bits per heavy atom. The van der Waals surface area contributed by atoms with Crippen molar-refractivity contribution in [2.45, 2.75) is 75.0 Å². The lowest BCUT2D eigenvalue weighted by Crippen LogP contribution is -2.35. The van der Waals surface area contributed by atoms with Crippen LogP contribution in [-0.4, -0.2) is 38.3 Å². The quantitative estimate of drug-likeness (QED) is 0.240. The maximum atomic E-state index is 12.4. The van der Waals surface area contributed by atoms with Crippen molar-refractivity contribution in [2.24, 2.45) is 0 Å². The van der Waals surface area contributed by atoms with Crippen molar-refractivity contribution in [1.29, 1.82) is 0 Å². The highest BCUT2D eigenvalue weighted by Gasteiger charge is 2.14. The van der Waals surface area contributed by atoms with Gasteiger partial charge in [-0.3, -0.25) is 4.79 Å². The number of allylic oxidation sites excluding steroid dienone is 10. The minimum atomic E-state index is -1.000. The number of hydrogen-bond donors (Lipinski definition) is 3. The van der Waals surface area contributed by atoms with Crippen LogP contribution in [0.25, 0.3) is 0 Å². The summed E-state index contributed by atoms with van der Waals surface area (Å²) in [5.41, 5.74) is 1.93. The average molecular weight is 552 g/mol. The van der Waals surface area contributed by atoms with Crippen LogP contribution in [0, 0.1) is 0 Å². The van der Waals surface area contributed by atoms with Crippen molar-refractivity contribution in [3.05, 3.63) is 84.1 Å². The molecule has 3 N–H and O–H groups in total. The number of unbranched alkanes of at least 4 members (excludes halogenated alkanes) is 1. The molecule has 4 unspecified atom stereocenters. The van der Waals surface area contributed by atoms with Crippen LogP contribution in [0.15, 0.2) is 84.1 Å². The Labute approximate surface area is 207 Å². The molecule has 5 heteroatoms. The lowest BCUT2D eigenvalue weighted by Gasteiger charge is -2.19. The summed E-state index contributed by atoms with van der Waals surface area (Å²) in [5.74, 6) is -0.113. The fourth-order valence-corrected chi connectivity index (χ4v) is 3.94. The molecule has 0 aliphatic carbocycles. The molecule has 32 heavy (non-hydrogen) atoms. The van der Waals surface area contributed by atoms with Crippen LogP contribution in [0.1, 0.15) is 52.9 Å². The number of alkyl halides is 1. The second-order valence-corrected chi connectivity index (χ2v) is 9.83. The summed E-state index contributed by atoms with van der Waals surface area (Å²) in [7, 11) is 0. The molecule has 0 aromatic carbocycles. The van der Waals surface area contributed by atoms with E-state index in [0.717, 1.165) is 43.3 Å². The van der Waals surface area contributed by atoms with E-state index in [-0.39, 0.29) is 11.9 Å². The largest absolute Gasteiger partial charge is 0.386 e. The Morgan fingerprint density at radius 3 is 2.47 bits per heavy atom. The lowest BCUT2D eigenvalue weighted by atomic mass is 10.0. The fraction of sp³-hybridized carbons (Fsp3) is 0.444. The van der Waals surface area contributed by atoms with Crippen molar-refractivity contribution in [1.82, 2.24) is 5.32 Å². The van der Waals surface area contributed by atoms with Gasteiger partial charge >= 0.3 is 0 Å². The molecule has 0 saturated heterocycles. The van der Waals surface area contributed by atoms with Gasteiger partial charge in [0.1, 0.15) is 12.2 Å². The second-order valence-electron chi connectivity index (χ2n) is 8.07. The summed E-state index contributed by atoms with van der Waals surface area (Å²) in [6.07, 6.45) is 24.9. The van der Waals surface area contributed by atoms with Crippen LogP contribution in [-0.2, 0) is 4.79 Å². The zero-order valence-electron chi connectivity index (χ0n) is 19.5. The molecule has 0 saturated carbocycles. The van der Waals surface area contributed by atoms with Crippen LogP contribution < -0.4 is 5.32 Å². The minimum absolute atomic E-state index is 0.0854. The van der Waals surface area contributed by atoms with Gasteiger partial charge in [0.25, 0.3) is 0 Å². The number of hydrogen-bond acceptors (Lipinski definition) is 3. The molecule has 0 spiro atoms. The van der Waals surface area contributed by atoms with E-state index in [9.17, 15) is 15.0 Å². The summed E-state index contributed by atoms with van der Waals surface area (Å²) in [5, 5.41) is 23.3. The number of halogens is 1.